The first kappa shape index (κ1) is 26.3. The van der Waals surface area contributed by atoms with Gasteiger partial charge in [0, 0.05) is 17.5 Å². The second-order valence-electron chi connectivity index (χ2n) is 8.21. The molecule has 2 atom stereocenters. The zero-order valence-corrected chi connectivity index (χ0v) is 20.5. The molecule has 2 aromatic carbocycles. The van der Waals surface area contributed by atoms with Gasteiger partial charge in [-0.25, -0.2) is 0 Å². The van der Waals surface area contributed by atoms with Crippen LogP contribution in [0, 0.1) is 11.8 Å². The summed E-state index contributed by atoms with van der Waals surface area (Å²) >= 11 is 0. The minimum Gasteiger partial charge on any atom is -0.460 e. The summed E-state index contributed by atoms with van der Waals surface area (Å²) in [5.74, 6) is 1.27. The number of nitrogens with two attached hydrogens (primary N) is 1. The van der Waals surface area contributed by atoms with Crippen LogP contribution in [-0.2, 0) is 27.4 Å². The predicted molar refractivity (Wildman–Crippen MR) is 135 cm³/mol. The molecule has 32 heavy (non-hydrogen) atoms. The van der Waals surface area contributed by atoms with E-state index in [-0.39, 0.29) is 31.0 Å². The normalized spacial score (nSPS) is 12.9. The second-order valence-corrected chi connectivity index (χ2v) is 10.8. The highest BCUT2D eigenvalue weighted by Gasteiger charge is 2.20. The molecule has 0 aliphatic rings. The van der Waals surface area contributed by atoms with Crippen molar-refractivity contribution in [3.63, 3.8) is 0 Å². The number of amides is 1. The summed E-state index contributed by atoms with van der Waals surface area (Å²) in [6.45, 7) is 4.41. The van der Waals surface area contributed by atoms with E-state index in [1.807, 2.05) is 60.7 Å². The van der Waals surface area contributed by atoms with Crippen LogP contribution in [0.2, 0.25) is 0 Å². The number of ether oxygens (including phenoxy) is 1. The maximum absolute atomic E-state index is 12.8. The molecule has 2 rings (SSSR count). The maximum atomic E-state index is 12.8. The number of hydrogen-bond donors (Lipinski definition) is 2. The molecule has 0 unspecified atom stereocenters. The van der Waals surface area contributed by atoms with Crippen molar-refractivity contribution in [3.8, 4) is 0 Å². The van der Waals surface area contributed by atoms with Crippen LogP contribution >= 0.6 is 21.6 Å². The maximum Gasteiger partial charge on any atom is 0.325 e. The van der Waals surface area contributed by atoms with Crippen LogP contribution in [0.25, 0.3) is 0 Å². The molecule has 0 aromatic heterocycles. The highest BCUT2D eigenvalue weighted by molar-refractivity contribution is 8.76. The van der Waals surface area contributed by atoms with E-state index in [9.17, 15) is 9.59 Å². The molecule has 0 saturated heterocycles. The number of esters is 1. The lowest BCUT2D eigenvalue weighted by Crippen LogP contribution is -2.37. The lowest BCUT2D eigenvalue weighted by Gasteiger charge is -2.17. The zero-order valence-electron chi connectivity index (χ0n) is 18.9. The highest BCUT2D eigenvalue weighted by atomic mass is 33.1. The zero-order chi connectivity index (χ0) is 23.2. The summed E-state index contributed by atoms with van der Waals surface area (Å²) < 4.78 is 5.26. The third-order valence-electron chi connectivity index (χ3n) is 4.75. The average Bonchev–Trinajstić information content (AvgIpc) is 2.79. The quantitative estimate of drug-likeness (QED) is 0.239. The van der Waals surface area contributed by atoms with Gasteiger partial charge >= 0.3 is 5.97 Å². The van der Waals surface area contributed by atoms with Gasteiger partial charge in [-0.2, -0.15) is 0 Å². The second kappa shape index (κ2) is 15.0. The van der Waals surface area contributed by atoms with E-state index in [2.05, 4.69) is 19.2 Å². The molecule has 0 radical (unpaired) electrons. The van der Waals surface area contributed by atoms with Gasteiger partial charge < -0.3 is 15.8 Å². The first-order valence-corrected chi connectivity index (χ1v) is 13.4. The fraction of sp³-hybridized carbons (Fsp3) is 0.440. The van der Waals surface area contributed by atoms with Gasteiger partial charge in [0.2, 0.25) is 5.91 Å². The molecule has 1 amide bonds. The molecule has 0 heterocycles. The molecule has 7 heteroatoms. The van der Waals surface area contributed by atoms with Gasteiger partial charge in [0.15, 0.2) is 0 Å². The van der Waals surface area contributed by atoms with Crippen LogP contribution < -0.4 is 11.1 Å². The van der Waals surface area contributed by atoms with Gasteiger partial charge in [0.25, 0.3) is 0 Å². The molecule has 0 aliphatic carbocycles. The Hall–Kier alpha value is -1.96. The Bertz CT molecular complexity index is 803. The van der Waals surface area contributed by atoms with E-state index in [0.29, 0.717) is 18.1 Å². The van der Waals surface area contributed by atoms with Gasteiger partial charge in [-0.1, -0.05) is 96.1 Å². The Kier molecular flexibility index (Phi) is 12.3. The molecule has 0 saturated carbocycles. The smallest absolute Gasteiger partial charge is 0.325 e. The van der Waals surface area contributed by atoms with Crippen molar-refractivity contribution in [2.45, 2.75) is 39.3 Å². The van der Waals surface area contributed by atoms with Gasteiger partial charge in [-0.3, -0.25) is 9.59 Å². The van der Waals surface area contributed by atoms with Crippen LogP contribution in [0.5, 0.6) is 0 Å². The standard InChI is InChI=1S/C25H34N2O3S2/c1-19(2)13-23(26)18-32-31-17-22(14-20-9-5-3-6-10-20)25(29)27-15-24(28)30-16-21-11-7-4-8-12-21/h3-12,19,22-23H,13-18,26H2,1-2H3,(H,27,29)/t22-,23+/m1/s1. The van der Waals surface area contributed by atoms with Crippen molar-refractivity contribution in [1.82, 2.24) is 5.32 Å². The first-order chi connectivity index (χ1) is 15.4. The van der Waals surface area contributed by atoms with Crippen molar-refractivity contribution in [2.24, 2.45) is 17.6 Å². The molecule has 0 spiro atoms. The van der Waals surface area contributed by atoms with Crippen LogP contribution in [0.15, 0.2) is 60.7 Å². The van der Waals surface area contributed by atoms with Gasteiger partial charge in [-0.05, 0) is 29.9 Å². The van der Waals surface area contributed by atoms with E-state index in [1.165, 1.54) is 0 Å². The minimum absolute atomic E-state index is 0.131. The molecule has 174 valence electrons. The summed E-state index contributed by atoms with van der Waals surface area (Å²) in [4.78, 5) is 24.9. The third kappa shape index (κ3) is 11.1. The molecular formula is C25H34N2O3S2. The van der Waals surface area contributed by atoms with Crippen LogP contribution in [0.1, 0.15) is 31.4 Å². The first-order valence-electron chi connectivity index (χ1n) is 10.9. The summed E-state index contributed by atoms with van der Waals surface area (Å²) in [6, 6.07) is 19.6. The fourth-order valence-corrected chi connectivity index (χ4v) is 5.69. The number of carbonyl (C=O) groups excluding carboxylic acids is 2. The van der Waals surface area contributed by atoms with Gasteiger partial charge in [0.1, 0.15) is 13.2 Å². The lowest BCUT2D eigenvalue weighted by atomic mass is 10.0. The van der Waals surface area contributed by atoms with Gasteiger partial charge in [0.05, 0.1) is 5.92 Å². The Morgan fingerprint density at radius 2 is 1.53 bits per heavy atom. The summed E-state index contributed by atoms with van der Waals surface area (Å²) in [7, 11) is 3.38. The Morgan fingerprint density at radius 3 is 2.16 bits per heavy atom. The predicted octanol–water partition coefficient (Wildman–Crippen LogP) is 4.46. The van der Waals surface area contributed by atoms with E-state index in [4.69, 9.17) is 10.5 Å². The molecule has 2 aromatic rings. The van der Waals surface area contributed by atoms with E-state index in [1.54, 1.807) is 21.6 Å². The van der Waals surface area contributed by atoms with Crippen molar-refractivity contribution >= 4 is 33.5 Å². The number of hydrogen-bond acceptors (Lipinski definition) is 6. The Morgan fingerprint density at radius 1 is 0.938 bits per heavy atom. The third-order valence-corrected chi connectivity index (χ3v) is 7.34. The van der Waals surface area contributed by atoms with Crippen LogP contribution in [0.4, 0.5) is 0 Å². The van der Waals surface area contributed by atoms with Crippen LogP contribution in [0.3, 0.4) is 0 Å². The van der Waals surface area contributed by atoms with Crippen molar-refractivity contribution in [1.29, 1.82) is 0 Å². The fourth-order valence-electron chi connectivity index (χ4n) is 3.16. The average molecular weight is 475 g/mol. The monoisotopic (exact) mass is 474 g/mol. The van der Waals surface area contributed by atoms with Crippen molar-refractivity contribution < 1.29 is 14.3 Å². The largest absolute Gasteiger partial charge is 0.460 e. The molecule has 3 N–H and O–H groups in total. The summed E-state index contributed by atoms with van der Waals surface area (Å²) in [5, 5.41) is 2.75. The number of rotatable bonds is 14. The Labute approximate surface area is 199 Å². The molecule has 0 fully saturated rings. The molecular weight excluding hydrogens is 440 g/mol. The van der Waals surface area contributed by atoms with Gasteiger partial charge in [-0.15, -0.1) is 0 Å². The van der Waals surface area contributed by atoms with Crippen LogP contribution in [-0.4, -0.2) is 36.0 Å². The number of benzene rings is 2. The van der Waals surface area contributed by atoms with E-state index in [0.717, 1.165) is 23.3 Å². The molecule has 0 aliphatic heterocycles. The topological polar surface area (TPSA) is 81.4 Å². The van der Waals surface area contributed by atoms with E-state index >= 15 is 0 Å². The van der Waals surface area contributed by atoms with E-state index < -0.39 is 5.97 Å². The summed E-state index contributed by atoms with van der Waals surface area (Å²) in [6.07, 6.45) is 1.62. The highest BCUT2D eigenvalue weighted by Crippen LogP contribution is 2.27. The van der Waals surface area contributed by atoms with Crippen molar-refractivity contribution in [2.75, 3.05) is 18.1 Å². The van der Waals surface area contributed by atoms with Crippen molar-refractivity contribution in [3.05, 3.63) is 71.8 Å². The summed E-state index contributed by atoms with van der Waals surface area (Å²) in [5.41, 5.74) is 8.18. The number of nitrogens with one attached hydrogen (secondary N) is 1. The number of carbonyl (C=O) groups is 2. The minimum atomic E-state index is -0.442. The molecule has 5 nitrogen and oxygen atoms in total. The Balaban J connectivity index is 1.81. The SMILES string of the molecule is CC(C)C[C@H](N)CSSC[C@@H](Cc1ccccc1)C(=O)NCC(=O)OCc1ccccc1. The molecule has 0 bridgehead atoms. The lowest BCUT2D eigenvalue weighted by molar-refractivity contribution is -0.145.